The molecule has 0 bridgehead atoms. The van der Waals surface area contributed by atoms with Gasteiger partial charge in [0.2, 0.25) is 0 Å². The smallest absolute Gasteiger partial charge is 0.321 e. The quantitative estimate of drug-likeness (QED) is 0.889. The highest BCUT2D eigenvalue weighted by Gasteiger charge is 2.34. The van der Waals surface area contributed by atoms with Crippen molar-refractivity contribution in [2.24, 2.45) is 5.92 Å². The van der Waals surface area contributed by atoms with Crippen LogP contribution in [0.3, 0.4) is 0 Å². The number of hydrogen-bond donors (Lipinski definition) is 1. The molecule has 0 aromatic heterocycles. The van der Waals surface area contributed by atoms with Crippen molar-refractivity contribution in [1.82, 2.24) is 4.90 Å². The first-order chi connectivity index (χ1) is 8.59. The molecule has 2 rings (SSSR count). The van der Waals surface area contributed by atoms with Gasteiger partial charge < -0.3 is 5.11 Å². The second-order valence-electron chi connectivity index (χ2n) is 5.42. The van der Waals surface area contributed by atoms with Crippen molar-refractivity contribution in [3.8, 4) is 0 Å². The van der Waals surface area contributed by atoms with Crippen LogP contribution in [0.4, 0.5) is 0 Å². The number of aliphatic carboxylic acids is 1. The van der Waals surface area contributed by atoms with Crippen LogP contribution in [0.5, 0.6) is 0 Å². The Labute approximate surface area is 108 Å². The van der Waals surface area contributed by atoms with Gasteiger partial charge in [-0.3, -0.25) is 9.69 Å². The van der Waals surface area contributed by atoms with Crippen molar-refractivity contribution in [3.63, 3.8) is 0 Å². The standard InChI is InChI=1S/C15H21NO2/c1-11(2)14(15(17)18)16-9-8-13(10-16)12-6-4-3-5-7-12/h3-7,11,13-14H,8-10H2,1-2H3,(H,17,18). The minimum Gasteiger partial charge on any atom is -0.480 e. The maximum Gasteiger partial charge on any atom is 0.321 e. The maximum absolute atomic E-state index is 11.3. The Balaban J connectivity index is 2.06. The summed E-state index contributed by atoms with van der Waals surface area (Å²) in [5.74, 6) is -0.0671. The second kappa shape index (κ2) is 5.53. The molecule has 1 saturated heterocycles. The molecule has 1 N–H and O–H groups in total. The van der Waals surface area contributed by atoms with E-state index in [1.807, 2.05) is 19.9 Å². The van der Waals surface area contributed by atoms with Gasteiger partial charge in [-0.25, -0.2) is 0 Å². The molecule has 18 heavy (non-hydrogen) atoms. The molecule has 2 atom stereocenters. The highest BCUT2D eigenvalue weighted by atomic mass is 16.4. The summed E-state index contributed by atoms with van der Waals surface area (Å²) in [5, 5.41) is 9.32. The molecule has 3 heteroatoms. The van der Waals surface area contributed by atoms with Crippen LogP contribution < -0.4 is 0 Å². The van der Waals surface area contributed by atoms with E-state index in [9.17, 15) is 9.90 Å². The summed E-state index contributed by atoms with van der Waals surface area (Å²) in [6, 6.07) is 10.0. The second-order valence-corrected chi connectivity index (χ2v) is 5.42. The highest BCUT2D eigenvalue weighted by molar-refractivity contribution is 5.73. The van der Waals surface area contributed by atoms with E-state index in [0.29, 0.717) is 5.92 Å². The Kier molecular flexibility index (Phi) is 4.02. The van der Waals surface area contributed by atoms with E-state index < -0.39 is 5.97 Å². The Hall–Kier alpha value is -1.35. The molecule has 0 spiro atoms. The number of benzene rings is 1. The van der Waals surface area contributed by atoms with Gasteiger partial charge in [-0.1, -0.05) is 44.2 Å². The maximum atomic E-state index is 11.3. The van der Waals surface area contributed by atoms with Gasteiger partial charge in [-0.2, -0.15) is 0 Å². The fourth-order valence-corrected chi connectivity index (χ4v) is 2.90. The highest BCUT2D eigenvalue weighted by Crippen LogP contribution is 2.29. The molecular formula is C15H21NO2. The van der Waals surface area contributed by atoms with Crippen molar-refractivity contribution >= 4 is 5.97 Å². The van der Waals surface area contributed by atoms with E-state index >= 15 is 0 Å². The molecule has 1 aliphatic rings. The summed E-state index contributed by atoms with van der Waals surface area (Å²) in [5.41, 5.74) is 1.33. The predicted molar refractivity (Wildman–Crippen MR) is 71.6 cm³/mol. The molecule has 1 aromatic carbocycles. The number of nitrogens with zero attached hydrogens (tertiary/aromatic N) is 1. The summed E-state index contributed by atoms with van der Waals surface area (Å²) in [7, 11) is 0. The van der Waals surface area contributed by atoms with Crippen molar-refractivity contribution in [2.75, 3.05) is 13.1 Å². The number of carboxylic acid groups (broad SMARTS) is 1. The van der Waals surface area contributed by atoms with E-state index in [0.717, 1.165) is 19.5 Å². The number of likely N-dealkylation sites (tertiary alicyclic amines) is 1. The Morgan fingerprint density at radius 1 is 1.33 bits per heavy atom. The number of carboxylic acids is 1. The topological polar surface area (TPSA) is 40.5 Å². The minimum absolute atomic E-state index is 0.150. The third-order valence-corrected chi connectivity index (χ3v) is 3.77. The fourth-order valence-electron chi connectivity index (χ4n) is 2.90. The molecule has 3 nitrogen and oxygen atoms in total. The van der Waals surface area contributed by atoms with Gasteiger partial charge in [0.05, 0.1) is 0 Å². The van der Waals surface area contributed by atoms with Gasteiger partial charge in [0.15, 0.2) is 0 Å². The van der Waals surface area contributed by atoms with E-state index in [1.165, 1.54) is 5.56 Å². The predicted octanol–water partition coefficient (Wildman–Crippen LogP) is 2.59. The van der Waals surface area contributed by atoms with Crippen LogP contribution in [-0.4, -0.2) is 35.1 Å². The van der Waals surface area contributed by atoms with Gasteiger partial charge >= 0.3 is 5.97 Å². The van der Waals surface area contributed by atoms with Gasteiger partial charge in [0, 0.05) is 6.54 Å². The summed E-state index contributed by atoms with van der Waals surface area (Å²) in [6.07, 6.45) is 1.06. The molecule has 0 radical (unpaired) electrons. The Morgan fingerprint density at radius 2 is 2.00 bits per heavy atom. The van der Waals surface area contributed by atoms with Crippen LogP contribution in [0, 0.1) is 5.92 Å². The average molecular weight is 247 g/mol. The van der Waals surface area contributed by atoms with E-state index in [-0.39, 0.29) is 12.0 Å². The Bertz CT molecular complexity index is 402. The molecule has 1 aliphatic heterocycles. The molecule has 1 fully saturated rings. The van der Waals surface area contributed by atoms with Crippen LogP contribution >= 0.6 is 0 Å². The lowest BCUT2D eigenvalue weighted by Crippen LogP contribution is -2.43. The molecule has 1 heterocycles. The Morgan fingerprint density at radius 3 is 2.56 bits per heavy atom. The van der Waals surface area contributed by atoms with Crippen molar-refractivity contribution in [2.45, 2.75) is 32.2 Å². The molecular weight excluding hydrogens is 226 g/mol. The molecule has 2 unspecified atom stereocenters. The monoisotopic (exact) mass is 247 g/mol. The molecule has 0 saturated carbocycles. The zero-order valence-electron chi connectivity index (χ0n) is 11.0. The SMILES string of the molecule is CC(C)C(C(=O)O)N1CCC(c2ccccc2)C1. The van der Waals surface area contributed by atoms with Crippen molar-refractivity contribution in [3.05, 3.63) is 35.9 Å². The van der Waals surface area contributed by atoms with E-state index in [2.05, 4.69) is 29.2 Å². The lowest BCUT2D eigenvalue weighted by atomic mass is 9.98. The number of hydrogen-bond acceptors (Lipinski definition) is 2. The normalized spacial score (nSPS) is 22.3. The first-order valence-corrected chi connectivity index (χ1v) is 6.61. The van der Waals surface area contributed by atoms with Gasteiger partial charge in [-0.15, -0.1) is 0 Å². The first kappa shape index (κ1) is 13.1. The first-order valence-electron chi connectivity index (χ1n) is 6.61. The average Bonchev–Trinajstić information content (AvgIpc) is 2.78. The van der Waals surface area contributed by atoms with E-state index in [1.54, 1.807) is 0 Å². The van der Waals surface area contributed by atoms with Gasteiger partial charge in [-0.05, 0) is 30.4 Å². The summed E-state index contributed by atoms with van der Waals surface area (Å²) in [4.78, 5) is 13.4. The third-order valence-electron chi connectivity index (χ3n) is 3.77. The van der Waals surface area contributed by atoms with Crippen molar-refractivity contribution < 1.29 is 9.90 Å². The van der Waals surface area contributed by atoms with Crippen LogP contribution in [-0.2, 0) is 4.79 Å². The van der Waals surface area contributed by atoms with Crippen LogP contribution in [0.1, 0.15) is 31.7 Å². The molecule has 0 aliphatic carbocycles. The lowest BCUT2D eigenvalue weighted by Gasteiger charge is -2.27. The molecule has 1 aromatic rings. The number of carbonyl (C=O) groups is 1. The third kappa shape index (κ3) is 2.72. The minimum atomic E-state index is -0.696. The van der Waals surface area contributed by atoms with Gasteiger partial charge in [0.1, 0.15) is 6.04 Å². The largest absolute Gasteiger partial charge is 0.480 e. The summed E-state index contributed by atoms with van der Waals surface area (Å²) < 4.78 is 0. The van der Waals surface area contributed by atoms with Crippen LogP contribution in [0.2, 0.25) is 0 Å². The van der Waals surface area contributed by atoms with Gasteiger partial charge in [0.25, 0.3) is 0 Å². The molecule has 98 valence electrons. The lowest BCUT2D eigenvalue weighted by molar-refractivity contribution is -0.144. The zero-order valence-corrected chi connectivity index (χ0v) is 11.0. The summed E-state index contributed by atoms with van der Waals surface area (Å²) >= 11 is 0. The van der Waals surface area contributed by atoms with E-state index in [4.69, 9.17) is 0 Å². The zero-order chi connectivity index (χ0) is 13.1. The molecule has 0 amide bonds. The van der Waals surface area contributed by atoms with Crippen LogP contribution in [0.15, 0.2) is 30.3 Å². The van der Waals surface area contributed by atoms with Crippen molar-refractivity contribution in [1.29, 1.82) is 0 Å². The van der Waals surface area contributed by atoms with Crippen LogP contribution in [0.25, 0.3) is 0 Å². The number of rotatable bonds is 4. The summed E-state index contributed by atoms with van der Waals surface area (Å²) in [6.45, 7) is 5.71. The fraction of sp³-hybridized carbons (Fsp3) is 0.533.